The number of nitrogens with one attached hydrogen (secondary N) is 1. The fourth-order valence-corrected chi connectivity index (χ4v) is 3.02. The lowest BCUT2D eigenvalue weighted by Gasteiger charge is -2.15. The van der Waals surface area contributed by atoms with Crippen molar-refractivity contribution in [2.45, 2.75) is 26.6 Å². The molecule has 7 heteroatoms. The second kappa shape index (κ2) is 8.24. The molecule has 7 nitrogen and oxygen atoms in total. The molecule has 152 valence electrons. The third-order valence-electron chi connectivity index (χ3n) is 4.40. The van der Waals surface area contributed by atoms with Crippen LogP contribution in [0.25, 0.3) is 22.6 Å². The number of H-pyrrole nitrogens is 1. The number of fused-ring (bicyclic) bond motifs is 1. The van der Waals surface area contributed by atoms with Gasteiger partial charge in [-0.15, -0.1) is 0 Å². The fraction of sp³-hybridized carbons (Fsp3) is 0.174. The topological polar surface area (TPSA) is 97.3 Å². The largest absolute Gasteiger partial charge is 0.490 e. The number of ether oxygens (including phenoxy) is 2. The third-order valence-corrected chi connectivity index (χ3v) is 4.40. The second-order valence-corrected chi connectivity index (χ2v) is 7.08. The first-order chi connectivity index (χ1) is 14.5. The van der Waals surface area contributed by atoms with Crippen LogP contribution in [0.5, 0.6) is 11.5 Å². The number of aromatic carboxylic acids is 1. The van der Waals surface area contributed by atoms with Crippen molar-refractivity contribution >= 4 is 17.1 Å². The molecule has 0 atom stereocenters. The number of carboxylic acid groups (broad SMARTS) is 1. The summed E-state index contributed by atoms with van der Waals surface area (Å²) in [5, 5.41) is 9.16. The van der Waals surface area contributed by atoms with Crippen LogP contribution in [-0.4, -0.2) is 32.1 Å². The molecule has 0 saturated heterocycles. The van der Waals surface area contributed by atoms with Crippen LogP contribution in [0.2, 0.25) is 0 Å². The quantitative estimate of drug-likeness (QED) is 0.465. The Balaban J connectivity index is 1.66. The van der Waals surface area contributed by atoms with Crippen molar-refractivity contribution in [3.8, 4) is 22.9 Å². The Morgan fingerprint density at radius 3 is 2.67 bits per heavy atom. The van der Waals surface area contributed by atoms with Gasteiger partial charge >= 0.3 is 5.97 Å². The number of benzene rings is 2. The molecule has 4 aromatic rings. The predicted molar refractivity (Wildman–Crippen MR) is 113 cm³/mol. The molecule has 0 fully saturated rings. The van der Waals surface area contributed by atoms with Gasteiger partial charge < -0.3 is 19.6 Å². The van der Waals surface area contributed by atoms with Crippen molar-refractivity contribution < 1.29 is 19.4 Å². The minimum absolute atomic E-state index is 0.0470. The van der Waals surface area contributed by atoms with E-state index in [0.29, 0.717) is 35.1 Å². The standard InChI is InChI=1S/C23H21N3O4/c1-14(2)30-20-11-17(29-13-15-6-4-3-5-7-15)8-9-18(20)21-25-19-10-16(23(27)28)12-24-22(19)26-21/h3-12,14H,13H2,1-2H3,(H,27,28)(H,24,25,26). The van der Waals surface area contributed by atoms with Crippen molar-refractivity contribution in [2.24, 2.45) is 0 Å². The van der Waals surface area contributed by atoms with E-state index in [1.807, 2.05) is 62.4 Å². The van der Waals surface area contributed by atoms with Crippen molar-refractivity contribution in [2.75, 3.05) is 0 Å². The zero-order valence-electron chi connectivity index (χ0n) is 16.6. The van der Waals surface area contributed by atoms with Crippen LogP contribution >= 0.6 is 0 Å². The summed E-state index contributed by atoms with van der Waals surface area (Å²) in [7, 11) is 0. The van der Waals surface area contributed by atoms with E-state index in [2.05, 4.69) is 15.0 Å². The molecule has 2 heterocycles. The molecule has 0 aliphatic heterocycles. The Morgan fingerprint density at radius 2 is 1.93 bits per heavy atom. The highest BCUT2D eigenvalue weighted by Crippen LogP contribution is 2.34. The monoisotopic (exact) mass is 403 g/mol. The Labute approximate surface area is 173 Å². The number of nitrogens with zero attached hydrogens (tertiary/aromatic N) is 2. The van der Waals surface area contributed by atoms with E-state index in [1.54, 1.807) is 0 Å². The van der Waals surface area contributed by atoms with E-state index in [-0.39, 0.29) is 11.7 Å². The maximum Gasteiger partial charge on any atom is 0.337 e. The summed E-state index contributed by atoms with van der Waals surface area (Å²) in [6, 6.07) is 17.0. The van der Waals surface area contributed by atoms with Gasteiger partial charge in [-0.05, 0) is 37.6 Å². The number of hydrogen-bond acceptors (Lipinski definition) is 5. The number of aromatic amines is 1. The number of carboxylic acids is 1. The van der Waals surface area contributed by atoms with E-state index in [1.165, 1.54) is 12.3 Å². The molecule has 2 aromatic carbocycles. The third kappa shape index (κ3) is 4.25. The molecule has 0 radical (unpaired) electrons. The molecule has 0 amide bonds. The molecule has 0 spiro atoms. The number of hydrogen-bond donors (Lipinski definition) is 2. The zero-order valence-corrected chi connectivity index (χ0v) is 16.6. The Hall–Kier alpha value is -3.87. The molecule has 0 saturated carbocycles. The molecule has 0 unspecified atom stereocenters. The van der Waals surface area contributed by atoms with E-state index < -0.39 is 5.97 Å². The summed E-state index contributed by atoms with van der Waals surface area (Å²) in [5.74, 6) is 0.803. The summed E-state index contributed by atoms with van der Waals surface area (Å²) < 4.78 is 11.9. The normalized spacial score (nSPS) is 11.0. The van der Waals surface area contributed by atoms with Gasteiger partial charge in [-0.1, -0.05) is 30.3 Å². The van der Waals surface area contributed by atoms with Crippen LogP contribution in [0.1, 0.15) is 29.8 Å². The van der Waals surface area contributed by atoms with Crippen molar-refractivity contribution in [1.82, 2.24) is 15.0 Å². The first kappa shape index (κ1) is 19.4. The summed E-state index contributed by atoms with van der Waals surface area (Å²) >= 11 is 0. The smallest absolute Gasteiger partial charge is 0.337 e. The average Bonchev–Trinajstić information content (AvgIpc) is 3.15. The zero-order chi connectivity index (χ0) is 21.1. The average molecular weight is 403 g/mol. The summed E-state index contributed by atoms with van der Waals surface area (Å²) in [6.07, 6.45) is 1.26. The molecular weight excluding hydrogens is 382 g/mol. The highest BCUT2D eigenvalue weighted by atomic mass is 16.5. The van der Waals surface area contributed by atoms with Gasteiger partial charge in [0.2, 0.25) is 0 Å². The lowest BCUT2D eigenvalue weighted by atomic mass is 10.1. The highest BCUT2D eigenvalue weighted by Gasteiger charge is 2.15. The molecule has 0 aliphatic rings. The van der Waals surface area contributed by atoms with Gasteiger partial charge in [0.25, 0.3) is 0 Å². The van der Waals surface area contributed by atoms with Crippen LogP contribution in [0.15, 0.2) is 60.8 Å². The maximum absolute atomic E-state index is 11.2. The Bertz CT molecular complexity index is 1190. The minimum Gasteiger partial charge on any atom is -0.490 e. The fourth-order valence-electron chi connectivity index (χ4n) is 3.02. The van der Waals surface area contributed by atoms with E-state index in [0.717, 1.165) is 11.1 Å². The number of rotatable bonds is 7. The van der Waals surface area contributed by atoms with Crippen LogP contribution in [-0.2, 0) is 6.61 Å². The van der Waals surface area contributed by atoms with E-state index in [4.69, 9.17) is 14.6 Å². The Kier molecular flexibility index (Phi) is 5.34. The van der Waals surface area contributed by atoms with Gasteiger partial charge in [0, 0.05) is 12.3 Å². The van der Waals surface area contributed by atoms with Crippen LogP contribution < -0.4 is 9.47 Å². The molecule has 2 N–H and O–H groups in total. The first-order valence-corrected chi connectivity index (χ1v) is 9.56. The molecule has 4 rings (SSSR count). The second-order valence-electron chi connectivity index (χ2n) is 7.08. The van der Waals surface area contributed by atoms with E-state index >= 15 is 0 Å². The van der Waals surface area contributed by atoms with Crippen LogP contribution in [0, 0.1) is 0 Å². The lowest BCUT2D eigenvalue weighted by Crippen LogP contribution is -2.07. The summed E-state index contributed by atoms with van der Waals surface area (Å²) in [6.45, 7) is 4.34. The van der Waals surface area contributed by atoms with Gasteiger partial charge in [-0.2, -0.15) is 0 Å². The number of imidazole rings is 1. The molecule has 2 aromatic heterocycles. The first-order valence-electron chi connectivity index (χ1n) is 9.56. The molecule has 0 aliphatic carbocycles. The molecule has 0 bridgehead atoms. The molecule has 30 heavy (non-hydrogen) atoms. The van der Waals surface area contributed by atoms with Crippen molar-refractivity contribution in [3.05, 3.63) is 71.9 Å². The molecular formula is C23H21N3O4. The predicted octanol–water partition coefficient (Wildman–Crippen LogP) is 4.69. The van der Waals surface area contributed by atoms with Crippen molar-refractivity contribution in [3.63, 3.8) is 0 Å². The van der Waals surface area contributed by atoms with Crippen LogP contribution in [0.4, 0.5) is 0 Å². The Morgan fingerprint density at radius 1 is 1.13 bits per heavy atom. The lowest BCUT2D eigenvalue weighted by molar-refractivity contribution is 0.0696. The van der Waals surface area contributed by atoms with Crippen molar-refractivity contribution in [1.29, 1.82) is 0 Å². The number of aromatic nitrogens is 3. The van der Waals surface area contributed by atoms with Gasteiger partial charge in [0.05, 0.1) is 17.2 Å². The SMILES string of the molecule is CC(C)Oc1cc(OCc2ccccc2)ccc1-c1nc2cc(C(=O)O)cnc2[nH]1. The minimum atomic E-state index is -1.04. The number of carbonyl (C=O) groups is 1. The number of pyridine rings is 1. The maximum atomic E-state index is 11.2. The van der Waals surface area contributed by atoms with E-state index in [9.17, 15) is 4.79 Å². The van der Waals surface area contributed by atoms with Gasteiger partial charge in [0.15, 0.2) is 5.65 Å². The highest BCUT2D eigenvalue weighted by molar-refractivity contribution is 5.91. The van der Waals surface area contributed by atoms with Gasteiger partial charge in [-0.3, -0.25) is 0 Å². The summed E-state index contributed by atoms with van der Waals surface area (Å²) in [5.41, 5.74) is 2.89. The van der Waals surface area contributed by atoms with Crippen LogP contribution in [0.3, 0.4) is 0 Å². The van der Waals surface area contributed by atoms with Gasteiger partial charge in [0.1, 0.15) is 29.4 Å². The summed E-state index contributed by atoms with van der Waals surface area (Å²) in [4.78, 5) is 23.0. The van der Waals surface area contributed by atoms with Gasteiger partial charge in [-0.25, -0.2) is 14.8 Å².